The first-order valence-corrected chi connectivity index (χ1v) is 7.25. The van der Waals surface area contributed by atoms with Crippen LogP contribution >= 0.6 is 11.6 Å². The van der Waals surface area contributed by atoms with E-state index in [0.717, 1.165) is 0 Å². The van der Waals surface area contributed by atoms with E-state index in [1.165, 1.54) is 6.20 Å². The van der Waals surface area contributed by atoms with Gasteiger partial charge < -0.3 is 15.5 Å². The normalized spacial score (nSPS) is 17.3. The van der Waals surface area contributed by atoms with Gasteiger partial charge in [-0.1, -0.05) is 11.6 Å². The minimum atomic E-state index is -0.887. The molecule has 1 aromatic rings. The maximum absolute atomic E-state index is 12.6. The Hall–Kier alpha value is -1.82. The van der Waals surface area contributed by atoms with Crippen molar-refractivity contribution in [3.8, 4) is 0 Å². The fourth-order valence-corrected chi connectivity index (χ4v) is 2.50. The summed E-state index contributed by atoms with van der Waals surface area (Å²) in [5.74, 6) is 0.143. The lowest BCUT2D eigenvalue weighted by Crippen LogP contribution is -2.63. The molecule has 2 heterocycles. The summed E-state index contributed by atoms with van der Waals surface area (Å²) < 4.78 is 0. The number of pyridine rings is 1. The molecule has 2 amide bonds. The highest BCUT2D eigenvalue weighted by atomic mass is 35.5. The second-order valence-electron chi connectivity index (χ2n) is 5.36. The van der Waals surface area contributed by atoms with Crippen LogP contribution in [-0.2, 0) is 4.79 Å². The van der Waals surface area contributed by atoms with E-state index in [-0.39, 0.29) is 11.8 Å². The van der Waals surface area contributed by atoms with Gasteiger partial charge in [0.1, 0.15) is 11.4 Å². The Morgan fingerprint density at radius 2 is 2.29 bits per heavy atom. The predicted molar refractivity (Wildman–Crippen MR) is 81.5 cm³/mol. The Kier molecular flexibility index (Phi) is 4.37. The first kappa shape index (κ1) is 15.6. The molecule has 2 N–H and O–H groups in total. The zero-order chi connectivity index (χ0) is 15.6. The number of amides is 2. The molecule has 1 aliphatic rings. The smallest absolute Gasteiger partial charge is 0.256 e. The van der Waals surface area contributed by atoms with Gasteiger partial charge in [0, 0.05) is 25.8 Å². The summed E-state index contributed by atoms with van der Waals surface area (Å²) in [5.41, 5.74) is -0.508. The Labute approximate surface area is 128 Å². The van der Waals surface area contributed by atoms with E-state index in [4.69, 9.17) is 11.6 Å². The third-order valence-electron chi connectivity index (χ3n) is 3.53. The molecule has 0 bridgehead atoms. The Morgan fingerprint density at radius 1 is 1.57 bits per heavy atom. The minimum Gasteiger partial charge on any atom is -0.369 e. The van der Waals surface area contributed by atoms with Gasteiger partial charge in [0.25, 0.3) is 5.91 Å². The lowest BCUT2D eigenvalue weighted by atomic mass is 9.98. The maximum Gasteiger partial charge on any atom is 0.256 e. The quantitative estimate of drug-likeness (QED) is 0.887. The number of piperazine rings is 1. The van der Waals surface area contributed by atoms with Crippen LogP contribution in [-0.4, -0.2) is 46.9 Å². The van der Waals surface area contributed by atoms with Gasteiger partial charge in [-0.05, 0) is 26.8 Å². The molecule has 2 rings (SSSR count). The molecule has 1 fully saturated rings. The summed E-state index contributed by atoms with van der Waals surface area (Å²) in [5, 5.41) is 6.16. The van der Waals surface area contributed by atoms with Crippen LogP contribution in [0.2, 0.25) is 5.02 Å². The highest BCUT2D eigenvalue weighted by Gasteiger charge is 2.40. The van der Waals surface area contributed by atoms with Crippen molar-refractivity contribution in [2.75, 3.05) is 25.0 Å². The molecular weight excluding hydrogens is 292 g/mol. The molecular formula is C14H19ClN4O2. The molecule has 0 aliphatic carbocycles. The van der Waals surface area contributed by atoms with Gasteiger partial charge in [0.15, 0.2) is 0 Å². The van der Waals surface area contributed by atoms with Crippen molar-refractivity contribution >= 4 is 29.2 Å². The van der Waals surface area contributed by atoms with Crippen LogP contribution in [0.15, 0.2) is 12.3 Å². The minimum absolute atomic E-state index is 0.162. The SMILES string of the molecule is CCNc1ncc(C(=O)N2CCNC(=O)C2(C)C)cc1Cl. The molecule has 0 aromatic carbocycles. The molecule has 0 radical (unpaired) electrons. The summed E-state index contributed by atoms with van der Waals surface area (Å²) in [6.07, 6.45) is 1.48. The number of aromatic nitrogens is 1. The lowest BCUT2D eigenvalue weighted by Gasteiger charge is -2.41. The van der Waals surface area contributed by atoms with E-state index in [0.29, 0.717) is 36.0 Å². The molecule has 0 unspecified atom stereocenters. The number of nitrogens with zero attached hydrogens (tertiary/aromatic N) is 2. The van der Waals surface area contributed by atoms with E-state index in [9.17, 15) is 9.59 Å². The van der Waals surface area contributed by atoms with Crippen LogP contribution in [0.5, 0.6) is 0 Å². The second kappa shape index (κ2) is 5.89. The van der Waals surface area contributed by atoms with Gasteiger partial charge in [-0.2, -0.15) is 0 Å². The molecule has 114 valence electrons. The van der Waals surface area contributed by atoms with E-state index < -0.39 is 5.54 Å². The standard InChI is InChI=1S/C14H19ClN4O2/c1-4-16-11-10(15)7-9(8-18-11)12(20)19-6-5-17-13(21)14(19,2)3/h7-8H,4-6H2,1-3H3,(H,16,18)(H,17,21). The molecule has 21 heavy (non-hydrogen) atoms. The summed E-state index contributed by atoms with van der Waals surface area (Å²) in [7, 11) is 0. The van der Waals surface area contributed by atoms with Crippen molar-refractivity contribution in [2.24, 2.45) is 0 Å². The number of nitrogens with one attached hydrogen (secondary N) is 2. The number of carbonyl (C=O) groups is 2. The summed E-state index contributed by atoms with van der Waals surface area (Å²) in [6.45, 7) is 6.99. The summed E-state index contributed by atoms with van der Waals surface area (Å²) in [4.78, 5) is 30.2. The second-order valence-corrected chi connectivity index (χ2v) is 5.76. The van der Waals surface area contributed by atoms with Crippen molar-refractivity contribution in [3.05, 3.63) is 22.8 Å². The monoisotopic (exact) mass is 310 g/mol. The number of anilines is 1. The van der Waals surface area contributed by atoms with Crippen LogP contribution in [0.25, 0.3) is 0 Å². The van der Waals surface area contributed by atoms with Crippen LogP contribution in [0, 0.1) is 0 Å². The van der Waals surface area contributed by atoms with Crippen LogP contribution < -0.4 is 10.6 Å². The molecule has 0 spiro atoms. The maximum atomic E-state index is 12.6. The molecule has 0 atom stereocenters. The molecule has 1 aromatic heterocycles. The average Bonchev–Trinajstić information content (AvgIpc) is 2.43. The average molecular weight is 311 g/mol. The zero-order valence-corrected chi connectivity index (χ0v) is 13.1. The van der Waals surface area contributed by atoms with Gasteiger partial charge in [-0.25, -0.2) is 4.98 Å². The zero-order valence-electron chi connectivity index (χ0n) is 12.4. The topological polar surface area (TPSA) is 74.3 Å². The Balaban J connectivity index is 2.27. The molecule has 1 aliphatic heterocycles. The predicted octanol–water partition coefficient (Wildman–Crippen LogP) is 1.52. The fourth-order valence-electron chi connectivity index (χ4n) is 2.26. The van der Waals surface area contributed by atoms with E-state index >= 15 is 0 Å². The number of halogens is 1. The number of rotatable bonds is 3. The third kappa shape index (κ3) is 2.95. The van der Waals surface area contributed by atoms with Crippen molar-refractivity contribution in [1.29, 1.82) is 0 Å². The lowest BCUT2D eigenvalue weighted by molar-refractivity contribution is -0.133. The number of hydrogen-bond acceptors (Lipinski definition) is 4. The van der Waals surface area contributed by atoms with Crippen molar-refractivity contribution in [2.45, 2.75) is 26.3 Å². The van der Waals surface area contributed by atoms with E-state index in [1.54, 1.807) is 24.8 Å². The highest BCUT2D eigenvalue weighted by molar-refractivity contribution is 6.33. The summed E-state index contributed by atoms with van der Waals surface area (Å²) in [6, 6.07) is 1.58. The third-order valence-corrected chi connectivity index (χ3v) is 3.82. The van der Waals surface area contributed by atoms with Gasteiger partial charge in [-0.15, -0.1) is 0 Å². The van der Waals surface area contributed by atoms with Crippen molar-refractivity contribution in [3.63, 3.8) is 0 Å². The van der Waals surface area contributed by atoms with Gasteiger partial charge in [0.2, 0.25) is 5.91 Å². The molecule has 0 saturated carbocycles. The van der Waals surface area contributed by atoms with Gasteiger partial charge in [0.05, 0.1) is 10.6 Å². The largest absolute Gasteiger partial charge is 0.369 e. The fraction of sp³-hybridized carbons (Fsp3) is 0.500. The summed E-state index contributed by atoms with van der Waals surface area (Å²) >= 11 is 6.12. The van der Waals surface area contributed by atoms with Crippen LogP contribution in [0.1, 0.15) is 31.1 Å². The first-order chi connectivity index (χ1) is 9.87. The van der Waals surface area contributed by atoms with E-state index in [2.05, 4.69) is 15.6 Å². The Bertz CT molecular complexity index is 574. The first-order valence-electron chi connectivity index (χ1n) is 6.87. The van der Waals surface area contributed by atoms with Crippen LogP contribution in [0.4, 0.5) is 5.82 Å². The number of carbonyl (C=O) groups excluding carboxylic acids is 2. The molecule has 1 saturated heterocycles. The molecule has 7 heteroatoms. The Morgan fingerprint density at radius 3 is 2.90 bits per heavy atom. The van der Waals surface area contributed by atoms with E-state index in [1.807, 2.05) is 6.92 Å². The number of hydrogen-bond donors (Lipinski definition) is 2. The van der Waals surface area contributed by atoms with Gasteiger partial charge in [-0.3, -0.25) is 9.59 Å². The van der Waals surface area contributed by atoms with Crippen molar-refractivity contribution in [1.82, 2.24) is 15.2 Å². The van der Waals surface area contributed by atoms with Crippen molar-refractivity contribution < 1.29 is 9.59 Å². The van der Waals surface area contributed by atoms with Gasteiger partial charge >= 0.3 is 0 Å². The highest BCUT2D eigenvalue weighted by Crippen LogP contribution is 2.24. The molecule has 6 nitrogen and oxygen atoms in total. The van der Waals surface area contributed by atoms with Crippen LogP contribution in [0.3, 0.4) is 0 Å².